The first kappa shape index (κ1) is 27.3. The second-order valence-electron chi connectivity index (χ2n) is 9.33. The van der Waals surface area contributed by atoms with Crippen LogP contribution < -0.4 is 9.03 Å². The monoisotopic (exact) mass is 623 g/mol. The molecule has 206 valence electrons. The molecule has 1 amide bonds. The number of nitrogens with one attached hydrogen (secondary N) is 1. The third-order valence-corrected chi connectivity index (χ3v) is 8.78. The molecule has 1 aliphatic rings. The molecule has 41 heavy (non-hydrogen) atoms. The number of carbonyl (C=O) groups excluding carboxylic acids is 1. The average molecular weight is 625 g/mol. The lowest BCUT2D eigenvalue weighted by molar-refractivity contribution is -0.117. The predicted octanol–water partition coefficient (Wildman–Crippen LogP) is 6.33. The summed E-state index contributed by atoms with van der Waals surface area (Å²) in [5, 5.41) is 1.44. The van der Waals surface area contributed by atoms with Crippen LogP contribution in [0.3, 0.4) is 0 Å². The molecular formula is C29H20Cl3N5O3S. The SMILES string of the molecule is O=C1CN(c2ccc(-n3cc(-c4ccc(Cl)cc4Cl)nc3Cc3ccc(-c4ccc(Cl)nc4)cc3)cc2)S(=O)(=O)N1. The van der Waals surface area contributed by atoms with Gasteiger partial charge in [-0.25, -0.2) is 19.0 Å². The van der Waals surface area contributed by atoms with Crippen molar-refractivity contribution in [1.82, 2.24) is 19.3 Å². The van der Waals surface area contributed by atoms with Crippen molar-refractivity contribution in [3.8, 4) is 28.1 Å². The molecule has 1 aliphatic heterocycles. The van der Waals surface area contributed by atoms with Crippen molar-refractivity contribution in [3.05, 3.63) is 118 Å². The standard InChI is InChI=1S/C29H20Cl3N5O3S/c30-21-6-11-24(25(31)14-21)26-16-36(22-7-9-23(10-8-22)37-17-29(38)35-41(37,39)40)28(34-26)13-18-1-3-19(4-2-18)20-5-12-27(32)33-15-20/h1-12,14-16H,13,17H2,(H,35,38). The largest absolute Gasteiger partial charge is 0.326 e. The zero-order valence-electron chi connectivity index (χ0n) is 21.1. The van der Waals surface area contributed by atoms with E-state index in [1.807, 2.05) is 51.9 Å². The number of pyridine rings is 1. The molecule has 1 fully saturated rings. The van der Waals surface area contributed by atoms with Gasteiger partial charge in [0.15, 0.2) is 0 Å². The summed E-state index contributed by atoms with van der Waals surface area (Å²) < 4.78 is 29.5. The Labute approximate surface area is 251 Å². The number of imidazole rings is 1. The van der Waals surface area contributed by atoms with Crippen LogP contribution in [0.25, 0.3) is 28.1 Å². The summed E-state index contributed by atoms with van der Waals surface area (Å²) in [4.78, 5) is 20.7. The fraction of sp³-hybridized carbons (Fsp3) is 0.0690. The highest BCUT2D eigenvalue weighted by atomic mass is 35.5. The Kier molecular flexibility index (Phi) is 7.21. The molecule has 0 unspecified atom stereocenters. The number of anilines is 1. The summed E-state index contributed by atoms with van der Waals surface area (Å²) in [5.74, 6) is 0.166. The molecule has 0 saturated carbocycles. The first-order valence-electron chi connectivity index (χ1n) is 12.3. The van der Waals surface area contributed by atoms with E-state index in [1.54, 1.807) is 48.7 Å². The van der Waals surface area contributed by atoms with Gasteiger partial charge in [-0.3, -0.25) is 4.79 Å². The lowest BCUT2D eigenvalue weighted by Gasteiger charge is -2.15. The molecule has 1 saturated heterocycles. The minimum absolute atomic E-state index is 0.265. The van der Waals surface area contributed by atoms with E-state index in [-0.39, 0.29) is 6.54 Å². The van der Waals surface area contributed by atoms with Crippen LogP contribution in [0.4, 0.5) is 5.69 Å². The van der Waals surface area contributed by atoms with Gasteiger partial charge in [-0.15, -0.1) is 0 Å². The molecule has 0 radical (unpaired) electrons. The molecule has 2 aromatic heterocycles. The van der Waals surface area contributed by atoms with Crippen LogP contribution in [0.1, 0.15) is 11.4 Å². The molecule has 12 heteroatoms. The van der Waals surface area contributed by atoms with E-state index in [0.29, 0.717) is 33.0 Å². The average Bonchev–Trinajstić information content (AvgIpc) is 3.48. The summed E-state index contributed by atoms with van der Waals surface area (Å²) in [6.45, 7) is -0.265. The van der Waals surface area contributed by atoms with Gasteiger partial charge in [0.2, 0.25) is 0 Å². The van der Waals surface area contributed by atoms with Gasteiger partial charge in [0.25, 0.3) is 5.91 Å². The fourth-order valence-corrected chi connectivity index (χ4v) is 6.36. The topological polar surface area (TPSA) is 97.2 Å². The molecule has 0 bridgehead atoms. The van der Waals surface area contributed by atoms with Crippen LogP contribution in [0.5, 0.6) is 0 Å². The zero-order chi connectivity index (χ0) is 28.7. The normalized spacial score (nSPS) is 14.3. The number of halogens is 3. The van der Waals surface area contributed by atoms with Crippen molar-refractivity contribution < 1.29 is 13.2 Å². The van der Waals surface area contributed by atoms with Crippen LogP contribution >= 0.6 is 34.8 Å². The first-order valence-corrected chi connectivity index (χ1v) is 14.9. The molecule has 0 aliphatic carbocycles. The molecule has 1 N–H and O–H groups in total. The Morgan fingerprint density at radius 1 is 0.854 bits per heavy atom. The number of carbonyl (C=O) groups is 1. The smallest absolute Gasteiger partial charge is 0.303 e. The van der Waals surface area contributed by atoms with Crippen molar-refractivity contribution in [2.24, 2.45) is 0 Å². The van der Waals surface area contributed by atoms with Crippen molar-refractivity contribution in [2.75, 3.05) is 10.8 Å². The number of nitrogens with zero attached hydrogens (tertiary/aromatic N) is 4. The number of benzene rings is 3. The molecule has 3 heterocycles. The highest BCUT2D eigenvalue weighted by Gasteiger charge is 2.33. The van der Waals surface area contributed by atoms with Crippen LogP contribution in [0.15, 0.2) is 91.3 Å². The molecule has 5 aromatic rings. The van der Waals surface area contributed by atoms with E-state index in [1.165, 1.54) is 0 Å². The highest BCUT2D eigenvalue weighted by Crippen LogP contribution is 2.32. The number of rotatable bonds is 6. The first-order chi connectivity index (χ1) is 19.7. The summed E-state index contributed by atoms with van der Waals surface area (Å²) in [7, 11) is -3.90. The van der Waals surface area contributed by atoms with E-state index < -0.39 is 16.1 Å². The van der Waals surface area contributed by atoms with Crippen LogP contribution in [-0.4, -0.2) is 35.4 Å². The van der Waals surface area contributed by atoms with E-state index in [0.717, 1.165) is 38.1 Å². The van der Waals surface area contributed by atoms with Crippen molar-refractivity contribution in [1.29, 1.82) is 0 Å². The Bertz CT molecular complexity index is 1880. The maximum absolute atomic E-state index is 12.3. The maximum Gasteiger partial charge on any atom is 0.326 e. The van der Waals surface area contributed by atoms with E-state index in [2.05, 4.69) is 4.98 Å². The minimum Gasteiger partial charge on any atom is -0.303 e. The van der Waals surface area contributed by atoms with Gasteiger partial charge in [-0.05, 0) is 65.7 Å². The summed E-state index contributed by atoms with van der Waals surface area (Å²) in [6.07, 6.45) is 4.12. The van der Waals surface area contributed by atoms with Gasteiger partial charge >= 0.3 is 10.2 Å². The van der Waals surface area contributed by atoms with E-state index in [9.17, 15) is 13.2 Å². The van der Waals surface area contributed by atoms with Crippen molar-refractivity contribution >= 4 is 56.6 Å². The van der Waals surface area contributed by atoms with Crippen molar-refractivity contribution in [3.63, 3.8) is 0 Å². The van der Waals surface area contributed by atoms with Crippen LogP contribution in [0.2, 0.25) is 15.2 Å². The fourth-order valence-electron chi connectivity index (χ4n) is 4.59. The number of amides is 1. The molecule has 8 nitrogen and oxygen atoms in total. The number of aromatic nitrogens is 3. The Morgan fingerprint density at radius 3 is 2.20 bits per heavy atom. The highest BCUT2D eigenvalue weighted by molar-refractivity contribution is 7.92. The predicted molar refractivity (Wildman–Crippen MR) is 161 cm³/mol. The molecule has 6 rings (SSSR count). The second kappa shape index (κ2) is 10.8. The van der Waals surface area contributed by atoms with Gasteiger partial charge in [0, 0.05) is 40.7 Å². The minimum atomic E-state index is -3.90. The molecule has 0 spiro atoms. The Morgan fingerprint density at radius 2 is 1.56 bits per heavy atom. The van der Waals surface area contributed by atoms with Gasteiger partial charge in [0.1, 0.15) is 17.5 Å². The molecule has 0 atom stereocenters. The lowest BCUT2D eigenvalue weighted by Crippen LogP contribution is -2.29. The van der Waals surface area contributed by atoms with Crippen LogP contribution in [0, 0.1) is 0 Å². The number of hydrogen-bond acceptors (Lipinski definition) is 5. The third kappa shape index (κ3) is 5.67. The zero-order valence-corrected chi connectivity index (χ0v) is 24.2. The van der Waals surface area contributed by atoms with E-state index in [4.69, 9.17) is 39.8 Å². The Hall–Kier alpha value is -3.89. The van der Waals surface area contributed by atoms with Crippen LogP contribution in [-0.2, 0) is 21.4 Å². The number of hydrogen-bond donors (Lipinski definition) is 1. The third-order valence-electron chi connectivity index (χ3n) is 6.60. The van der Waals surface area contributed by atoms with Gasteiger partial charge < -0.3 is 4.57 Å². The summed E-state index contributed by atoms with van der Waals surface area (Å²) in [5.41, 5.74) is 5.52. The summed E-state index contributed by atoms with van der Waals surface area (Å²) >= 11 is 18.5. The molecule has 3 aromatic carbocycles. The van der Waals surface area contributed by atoms with E-state index >= 15 is 0 Å². The lowest BCUT2D eigenvalue weighted by atomic mass is 10.0. The maximum atomic E-state index is 12.3. The molecular weight excluding hydrogens is 605 g/mol. The van der Waals surface area contributed by atoms with Gasteiger partial charge in [-0.1, -0.05) is 59.1 Å². The van der Waals surface area contributed by atoms with Gasteiger partial charge in [-0.2, -0.15) is 8.42 Å². The summed E-state index contributed by atoms with van der Waals surface area (Å²) in [6, 6.07) is 23.9. The Balaban J connectivity index is 1.35. The quantitative estimate of drug-likeness (QED) is 0.223. The second-order valence-corrected chi connectivity index (χ2v) is 12.2. The van der Waals surface area contributed by atoms with Crippen molar-refractivity contribution in [2.45, 2.75) is 6.42 Å². The van der Waals surface area contributed by atoms with Gasteiger partial charge in [0.05, 0.1) is 16.4 Å².